The molecule has 7 nitrogen and oxygen atoms in total. The normalized spacial score (nSPS) is 13.2. The third-order valence-electron chi connectivity index (χ3n) is 3.01. The zero-order valence-electron chi connectivity index (χ0n) is 11.7. The zero-order chi connectivity index (χ0) is 15.2. The number of hydrogen-bond donors (Lipinski definition) is 4. The van der Waals surface area contributed by atoms with Crippen molar-refractivity contribution in [3.05, 3.63) is 29.8 Å². The van der Waals surface area contributed by atoms with Gasteiger partial charge >= 0.3 is 6.03 Å². The Morgan fingerprint density at radius 3 is 2.38 bits per heavy atom. The third kappa shape index (κ3) is 4.79. The highest BCUT2D eigenvalue weighted by Crippen LogP contribution is 2.19. The van der Waals surface area contributed by atoms with Crippen molar-refractivity contribution >= 4 is 23.5 Å². The number of carbonyl (C=O) groups excluding carboxylic acids is 3. The summed E-state index contributed by atoms with van der Waals surface area (Å²) in [5, 5.41) is 10.3. The molecule has 21 heavy (non-hydrogen) atoms. The van der Waals surface area contributed by atoms with Gasteiger partial charge in [-0.15, -0.1) is 0 Å². The second kappa shape index (κ2) is 6.74. The van der Waals surface area contributed by atoms with Gasteiger partial charge in [-0.1, -0.05) is 0 Å². The highest BCUT2D eigenvalue weighted by molar-refractivity contribution is 5.96. The summed E-state index contributed by atoms with van der Waals surface area (Å²) in [6.07, 6.45) is 2.08. The fourth-order valence-electron chi connectivity index (χ4n) is 1.63. The van der Waals surface area contributed by atoms with Crippen LogP contribution in [-0.4, -0.2) is 37.5 Å². The summed E-state index contributed by atoms with van der Waals surface area (Å²) in [5.41, 5.74) is 1.10. The van der Waals surface area contributed by atoms with Gasteiger partial charge < -0.3 is 21.3 Å². The predicted octanol–water partition coefficient (Wildman–Crippen LogP) is 0.446. The van der Waals surface area contributed by atoms with Gasteiger partial charge in [0.05, 0.1) is 6.54 Å². The molecule has 0 aliphatic heterocycles. The smallest absolute Gasteiger partial charge is 0.319 e. The van der Waals surface area contributed by atoms with Crippen LogP contribution in [-0.2, 0) is 4.79 Å². The maximum atomic E-state index is 11.8. The summed E-state index contributed by atoms with van der Waals surface area (Å²) in [7, 11) is 1.49. The number of nitrogens with one attached hydrogen (secondary N) is 4. The summed E-state index contributed by atoms with van der Waals surface area (Å²) in [5.74, 6) is -0.384. The molecule has 0 aromatic heterocycles. The molecular formula is C14H18N4O3. The highest BCUT2D eigenvalue weighted by atomic mass is 16.2. The fourth-order valence-corrected chi connectivity index (χ4v) is 1.63. The molecule has 1 aliphatic carbocycles. The van der Waals surface area contributed by atoms with Gasteiger partial charge in [0, 0.05) is 24.3 Å². The molecule has 0 bridgehead atoms. The van der Waals surface area contributed by atoms with E-state index in [0.717, 1.165) is 12.8 Å². The summed E-state index contributed by atoms with van der Waals surface area (Å²) in [6.45, 7) is -0.0930. The van der Waals surface area contributed by atoms with Crippen molar-refractivity contribution in [3.8, 4) is 0 Å². The topological polar surface area (TPSA) is 99.3 Å². The van der Waals surface area contributed by atoms with Crippen LogP contribution in [0.3, 0.4) is 0 Å². The molecule has 4 amide bonds. The van der Waals surface area contributed by atoms with E-state index in [1.54, 1.807) is 24.3 Å². The Morgan fingerprint density at radius 1 is 1.14 bits per heavy atom. The van der Waals surface area contributed by atoms with Crippen molar-refractivity contribution in [1.82, 2.24) is 16.0 Å². The molecule has 1 aromatic carbocycles. The van der Waals surface area contributed by atoms with Gasteiger partial charge in [-0.3, -0.25) is 9.59 Å². The minimum absolute atomic E-state index is 0.0930. The molecule has 0 saturated heterocycles. The Morgan fingerprint density at radius 2 is 1.81 bits per heavy atom. The van der Waals surface area contributed by atoms with Crippen LogP contribution in [0.2, 0.25) is 0 Å². The van der Waals surface area contributed by atoms with E-state index >= 15 is 0 Å². The van der Waals surface area contributed by atoms with E-state index < -0.39 is 6.03 Å². The van der Waals surface area contributed by atoms with Crippen LogP contribution in [0.15, 0.2) is 24.3 Å². The van der Waals surface area contributed by atoms with Crippen LogP contribution >= 0.6 is 0 Å². The Hall–Kier alpha value is -2.57. The van der Waals surface area contributed by atoms with Crippen LogP contribution in [0.5, 0.6) is 0 Å². The lowest BCUT2D eigenvalue weighted by Gasteiger charge is -2.08. The van der Waals surface area contributed by atoms with Crippen LogP contribution in [0, 0.1) is 0 Å². The number of rotatable bonds is 5. The molecule has 1 aromatic rings. The van der Waals surface area contributed by atoms with Crippen LogP contribution in [0.25, 0.3) is 0 Å². The molecule has 7 heteroatoms. The standard InChI is InChI=1S/C14H18N4O3/c1-15-12(19)8-16-14(21)18-11-4-2-9(3-5-11)13(20)17-10-6-7-10/h2-5,10H,6-8H2,1H3,(H,15,19)(H,17,20)(H2,16,18,21). The van der Waals surface area contributed by atoms with E-state index in [2.05, 4.69) is 21.3 Å². The van der Waals surface area contributed by atoms with E-state index in [1.165, 1.54) is 7.05 Å². The molecular weight excluding hydrogens is 272 g/mol. The average molecular weight is 290 g/mol. The van der Waals surface area contributed by atoms with Crippen molar-refractivity contribution < 1.29 is 14.4 Å². The lowest BCUT2D eigenvalue weighted by molar-refractivity contribution is -0.119. The molecule has 2 rings (SSSR count). The van der Waals surface area contributed by atoms with Gasteiger partial charge in [0.1, 0.15) is 0 Å². The first-order valence-corrected chi connectivity index (χ1v) is 6.75. The fraction of sp³-hybridized carbons (Fsp3) is 0.357. The molecule has 1 fully saturated rings. The molecule has 0 unspecified atom stereocenters. The van der Waals surface area contributed by atoms with Crippen molar-refractivity contribution in [2.75, 3.05) is 18.9 Å². The van der Waals surface area contributed by atoms with Gasteiger partial charge in [-0.25, -0.2) is 4.79 Å². The molecule has 0 radical (unpaired) electrons. The Bertz CT molecular complexity index is 538. The molecule has 4 N–H and O–H groups in total. The van der Waals surface area contributed by atoms with E-state index in [0.29, 0.717) is 17.3 Å². The van der Waals surface area contributed by atoms with Gasteiger partial charge in [0.25, 0.3) is 5.91 Å². The second-order valence-corrected chi connectivity index (χ2v) is 4.81. The van der Waals surface area contributed by atoms with E-state index in [9.17, 15) is 14.4 Å². The lowest BCUT2D eigenvalue weighted by atomic mass is 10.2. The number of benzene rings is 1. The van der Waals surface area contributed by atoms with E-state index in [4.69, 9.17) is 0 Å². The van der Waals surface area contributed by atoms with Gasteiger partial charge in [0.2, 0.25) is 5.91 Å². The largest absolute Gasteiger partial charge is 0.358 e. The maximum absolute atomic E-state index is 11.8. The Labute approximate surface area is 122 Å². The molecule has 0 atom stereocenters. The van der Waals surface area contributed by atoms with Gasteiger partial charge in [0.15, 0.2) is 0 Å². The Balaban J connectivity index is 1.82. The van der Waals surface area contributed by atoms with Crippen molar-refractivity contribution in [2.24, 2.45) is 0 Å². The minimum Gasteiger partial charge on any atom is -0.358 e. The van der Waals surface area contributed by atoms with Crippen molar-refractivity contribution in [1.29, 1.82) is 0 Å². The van der Waals surface area contributed by atoms with Crippen LogP contribution < -0.4 is 21.3 Å². The zero-order valence-corrected chi connectivity index (χ0v) is 11.7. The lowest BCUT2D eigenvalue weighted by Crippen LogP contribution is -2.37. The first-order valence-electron chi connectivity index (χ1n) is 6.75. The number of likely N-dealkylation sites (N-methyl/N-ethyl adjacent to an activating group) is 1. The first kappa shape index (κ1) is 14.8. The first-order chi connectivity index (χ1) is 10.1. The number of hydrogen-bond acceptors (Lipinski definition) is 3. The third-order valence-corrected chi connectivity index (χ3v) is 3.01. The molecule has 1 saturated carbocycles. The summed E-state index contributed by atoms with van der Waals surface area (Å²) < 4.78 is 0. The van der Waals surface area contributed by atoms with Crippen molar-refractivity contribution in [2.45, 2.75) is 18.9 Å². The number of amides is 4. The minimum atomic E-state index is -0.478. The summed E-state index contributed by atoms with van der Waals surface area (Å²) in [4.78, 5) is 34.3. The van der Waals surface area contributed by atoms with Gasteiger partial charge in [-0.2, -0.15) is 0 Å². The average Bonchev–Trinajstić information content (AvgIpc) is 3.29. The summed E-state index contributed by atoms with van der Waals surface area (Å²) >= 11 is 0. The number of urea groups is 1. The van der Waals surface area contributed by atoms with Crippen LogP contribution in [0.1, 0.15) is 23.2 Å². The van der Waals surface area contributed by atoms with Crippen LogP contribution in [0.4, 0.5) is 10.5 Å². The second-order valence-electron chi connectivity index (χ2n) is 4.81. The maximum Gasteiger partial charge on any atom is 0.319 e. The Kier molecular flexibility index (Phi) is 4.76. The highest BCUT2D eigenvalue weighted by Gasteiger charge is 2.23. The van der Waals surface area contributed by atoms with Gasteiger partial charge in [-0.05, 0) is 37.1 Å². The molecule has 112 valence electrons. The monoisotopic (exact) mass is 290 g/mol. The molecule has 0 heterocycles. The number of carbonyl (C=O) groups is 3. The van der Waals surface area contributed by atoms with E-state index in [1.807, 2.05) is 0 Å². The summed E-state index contributed by atoms with van der Waals surface area (Å²) in [6, 6.07) is 6.40. The van der Waals surface area contributed by atoms with Crippen molar-refractivity contribution in [3.63, 3.8) is 0 Å². The molecule has 0 spiro atoms. The SMILES string of the molecule is CNC(=O)CNC(=O)Nc1ccc(C(=O)NC2CC2)cc1. The number of anilines is 1. The predicted molar refractivity (Wildman–Crippen MR) is 78.0 cm³/mol. The quantitative estimate of drug-likeness (QED) is 0.633. The molecule has 1 aliphatic rings. The van der Waals surface area contributed by atoms with E-state index in [-0.39, 0.29) is 18.4 Å².